The van der Waals surface area contributed by atoms with Gasteiger partial charge in [0.15, 0.2) is 0 Å². The Hall–Kier alpha value is -1.20. The Bertz CT molecular complexity index is 453. The van der Waals surface area contributed by atoms with Crippen LogP contribution in [0, 0.1) is 6.92 Å². The van der Waals surface area contributed by atoms with E-state index in [-0.39, 0.29) is 11.4 Å². The first-order valence-corrected chi connectivity index (χ1v) is 5.89. The average molecular weight is 227 g/mol. The standard InChI is InChI=1S/C10H13NO3S/c1-9-4-3-5-10(8-9)15(13,14)11(2)6-7-12/h3-5,7-8H,6H2,1-2H3. The molecule has 0 aliphatic carbocycles. The van der Waals surface area contributed by atoms with Gasteiger partial charge in [-0.15, -0.1) is 0 Å². The number of hydrogen-bond acceptors (Lipinski definition) is 3. The molecule has 0 heterocycles. The molecule has 0 N–H and O–H groups in total. The van der Waals surface area contributed by atoms with E-state index in [1.165, 1.54) is 13.1 Å². The van der Waals surface area contributed by atoms with Crippen LogP contribution in [0.5, 0.6) is 0 Å². The van der Waals surface area contributed by atoms with E-state index in [1.54, 1.807) is 12.1 Å². The van der Waals surface area contributed by atoms with Crippen LogP contribution in [-0.2, 0) is 14.8 Å². The van der Waals surface area contributed by atoms with Crippen molar-refractivity contribution in [3.05, 3.63) is 29.8 Å². The number of aldehydes is 1. The summed E-state index contributed by atoms with van der Waals surface area (Å²) >= 11 is 0. The molecule has 0 amide bonds. The first kappa shape index (κ1) is 11.9. The van der Waals surface area contributed by atoms with Gasteiger partial charge in [0.05, 0.1) is 11.4 Å². The highest BCUT2D eigenvalue weighted by Crippen LogP contribution is 2.14. The summed E-state index contributed by atoms with van der Waals surface area (Å²) in [6.45, 7) is 1.69. The Kier molecular flexibility index (Phi) is 3.60. The highest BCUT2D eigenvalue weighted by molar-refractivity contribution is 7.89. The summed E-state index contributed by atoms with van der Waals surface area (Å²) in [5.74, 6) is 0. The number of carbonyl (C=O) groups excluding carboxylic acids is 1. The van der Waals surface area contributed by atoms with E-state index in [9.17, 15) is 13.2 Å². The molecule has 0 aliphatic rings. The summed E-state index contributed by atoms with van der Waals surface area (Å²) in [4.78, 5) is 10.5. The number of rotatable bonds is 4. The van der Waals surface area contributed by atoms with Crippen LogP contribution in [0.3, 0.4) is 0 Å². The van der Waals surface area contributed by atoms with Gasteiger partial charge in [-0.25, -0.2) is 8.42 Å². The molecule has 1 aromatic rings. The summed E-state index contributed by atoms with van der Waals surface area (Å²) in [6.07, 6.45) is 0.563. The molecule has 1 rings (SSSR count). The van der Waals surface area contributed by atoms with Crippen LogP contribution >= 0.6 is 0 Å². The predicted molar refractivity (Wildman–Crippen MR) is 57.1 cm³/mol. The van der Waals surface area contributed by atoms with Crippen molar-refractivity contribution < 1.29 is 13.2 Å². The van der Waals surface area contributed by atoms with Gasteiger partial charge in [0, 0.05) is 7.05 Å². The fraction of sp³-hybridized carbons (Fsp3) is 0.300. The molecule has 5 heteroatoms. The monoisotopic (exact) mass is 227 g/mol. The van der Waals surface area contributed by atoms with Gasteiger partial charge in [0.2, 0.25) is 10.0 Å². The second-order valence-electron chi connectivity index (χ2n) is 3.27. The normalized spacial score (nSPS) is 11.7. The Morgan fingerprint density at radius 1 is 1.40 bits per heavy atom. The van der Waals surface area contributed by atoms with E-state index in [4.69, 9.17) is 0 Å². The maximum atomic E-state index is 11.8. The minimum Gasteiger partial charge on any atom is -0.302 e. The summed E-state index contributed by atoms with van der Waals surface area (Å²) in [5.41, 5.74) is 0.871. The molecule has 15 heavy (non-hydrogen) atoms. The lowest BCUT2D eigenvalue weighted by molar-refractivity contribution is -0.107. The van der Waals surface area contributed by atoms with Crippen molar-refractivity contribution in [2.75, 3.05) is 13.6 Å². The van der Waals surface area contributed by atoms with Gasteiger partial charge in [-0.1, -0.05) is 12.1 Å². The zero-order valence-corrected chi connectivity index (χ0v) is 9.49. The van der Waals surface area contributed by atoms with Crippen LogP contribution in [0.15, 0.2) is 29.2 Å². The molecule has 0 aromatic heterocycles. The van der Waals surface area contributed by atoms with Crippen LogP contribution in [0.4, 0.5) is 0 Å². The molecule has 82 valence electrons. The minimum absolute atomic E-state index is 0.129. The number of aryl methyl sites for hydroxylation is 1. The Morgan fingerprint density at radius 2 is 2.07 bits per heavy atom. The molecular formula is C10H13NO3S. The average Bonchev–Trinajstić information content (AvgIpc) is 2.18. The fourth-order valence-electron chi connectivity index (χ4n) is 1.16. The quantitative estimate of drug-likeness (QED) is 0.715. The van der Waals surface area contributed by atoms with E-state index >= 15 is 0 Å². The maximum absolute atomic E-state index is 11.8. The molecule has 0 unspecified atom stereocenters. The van der Waals surface area contributed by atoms with Crippen molar-refractivity contribution in [3.8, 4) is 0 Å². The van der Waals surface area contributed by atoms with Gasteiger partial charge in [0.1, 0.15) is 6.29 Å². The molecule has 0 saturated carbocycles. The van der Waals surface area contributed by atoms with Gasteiger partial charge in [-0.3, -0.25) is 0 Å². The smallest absolute Gasteiger partial charge is 0.243 e. The van der Waals surface area contributed by atoms with E-state index < -0.39 is 10.0 Å². The molecule has 1 aromatic carbocycles. The fourth-order valence-corrected chi connectivity index (χ4v) is 2.36. The van der Waals surface area contributed by atoms with E-state index in [2.05, 4.69) is 0 Å². The second-order valence-corrected chi connectivity index (χ2v) is 5.31. The Morgan fingerprint density at radius 3 is 2.60 bits per heavy atom. The second kappa shape index (κ2) is 4.55. The first-order valence-electron chi connectivity index (χ1n) is 4.45. The van der Waals surface area contributed by atoms with Crippen molar-refractivity contribution in [1.82, 2.24) is 4.31 Å². The highest BCUT2D eigenvalue weighted by Gasteiger charge is 2.19. The lowest BCUT2D eigenvalue weighted by Crippen LogP contribution is -2.28. The molecule has 0 radical (unpaired) electrons. The number of nitrogens with zero attached hydrogens (tertiary/aromatic N) is 1. The van der Waals surface area contributed by atoms with Crippen LogP contribution in [0.1, 0.15) is 5.56 Å². The van der Waals surface area contributed by atoms with Gasteiger partial charge in [-0.05, 0) is 24.6 Å². The van der Waals surface area contributed by atoms with E-state index in [0.717, 1.165) is 9.87 Å². The van der Waals surface area contributed by atoms with Crippen molar-refractivity contribution in [3.63, 3.8) is 0 Å². The summed E-state index contributed by atoms with van der Waals surface area (Å²) in [5, 5.41) is 0. The third-order valence-corrected chi connectivity index (χ3v) is 3.85. The van der Waals surface area contributed by atoms with Gasteiger partial charge >= 0.3 is 0 Å². The summed E-state index contributed by atoms with van der Waals surface area (Å²) in [6, 6.07) is 6.59. The topological polar surface area (TPSA) is 54.5 Å². The van der Waals surface area contributed by atoms with Crippen LogP contribution < -0.4 is 0 Å². The molecule has 0 atom stereocenters. The zero-order valence-electron chi connectivity index (χ0n) is 8.67. The maximum Gasteiger partial charge on any atom is 0.243 e. The summed E-state index contributed by atoms with van der Waals surface area (Å²) < 4.78 is 24.7. The molecule has 0 saturated heterocycles. The lowest BCUT2D eigenvalue weighted by atomic mass is 10.2. The van der Waals surface area contributed by atoms with Crippen molar-refractivity contribution in [1.29, 1.82) is 0 Å². The van der Waals surface area contributed by atoms with Gasteiger partial charge < -0.3 is 4.79 Å². The Labute approximate surface area is 89.6 Å². The number of hydrogen-bond donors (Lipinski definition) is 0. The number of carbonyl (C=O) groups is 1. The van der Waals surface area contributed by atoms with Crippen LogP contribution in [-0.4, -0.2) is 32.6 Å². The molecule has 0 aliphatic heterocycles. The number of benzene rings is 1. The zero-order chi connectivity index (χ0) is 11.5. The molecule has 0 fully saturated rings. The number of sulfonamides is 1. The predicted octanol–water partition coefficient (Wildman–Crippen LogP) is 0.814. The van der Waals surface area contributed by atoms with E-state index in [1.807, 2.05) is 13.0 Å². The number of likely N-dealkylation sites (N-methyl/N-ethyl adjacent to an activating group) is 1. The third kappa shape index (κ3) is 2.64. The molecule has 4 nitrogen and oxygen atoms in total. The lowest BCUT2D eigenvalue weighted by Gasteiger charge is -2.14. The van der Waals surface area contributed by atoms with Gasteiger partial charge in [-0.2, -0.15) is 4.31 Å². The van der Waals surface area contributed by atoms with Gasteiger partial charge in [0.25, 0.3) is 0 Å². The Balaban J connectivity index is 3.11. The van der Waals surface area contributed by atoms with E-state index in [0.29, 0.717) is 6.29 Å². The van der Waals surface area contributed by atoms with Crippen LogP contribution in [0.2, 0.25) is 0 Å². The highest BCUT2D eigenvalue weighted by atomic mass is 32.2. The first-order chi connectivity index (χ1) is 6.98. The third-order valence-electron chi connectivity index (χ3n) is 2.03. The van der Waals surface area contributed by atoms with Crippen molar-refractivity contribution in [2.45, 2.75) is 11.8 Å². The van der Waals surface area contributed by atoms with Crippen molar-refractivity contribution in [2.24, 2.45) is 0 Å². The SMILES string of the molecule is Cc1cccc(S(=O)(=O)N(C)CC=O)c1. The molecule has 0 spiro atoms. The molecular weight excluding hydrogens is 214 g/mol. The van der Waals surface area contributed by atoms with Crippen LogP contribution in [0.25, 0.3) is 0 Å². The molecule has 0 bridgehead atoms. The largest absolute Gasteiger partial charge is 0.302 e. The summed E-state index contributed by atoms with van der Waals surface area (Å²) in [7, 11) is -2.14. The van der Waals surface area contributed by atoms with Crippen molar-refractivity contribution >= 4 is 16.3 Å². The minimum atomic E-state index is -3.52.